The summed E-state index contributed by atoms with van der Waals surface area (Å²) in [6, 6.07) is -0.153. The van der Waals surface area contributed by atoms with Gasteiger partial charge in [0, 0.05) is 47.7 Å². The second-order valence-electron chi connectivity index (χ2n) is 5.22. The van der Waals surface area contributed by atoms with Gasteiger partial charge in [-0.25, -0.2) is 0 Å². The third kappa shape index (κ3) is 6.71. The highest BCUT2D eigenvalue weighted by Gasteiger charge is 2.24. The van der Waals surface area contributed by atoms with E-state index in [4.69, 9.17) is 0 Å². The monoisotopic (exact) mass is 288 g/mol. The van der Waals surface area contributed by atoms with Crippen LogP contribution in [0.25, 0.3) is 0 Å². The van der Waals surface area contributed by atoms with Crippen LogP contribution in [0.1, 0.15) is 39.0 Å². The van der Waals surface area contributed by atoms with Gasteiger partial charge in [-0.2, -0.15) is 0 Å². The van der Waals surface area contributed by atoms with Crippen molar-refractivity contribution in [3.05, 3.63) is 0 Å². The predicted molar refractivity (Wildman–Crippen MR) is 76.1 cm³/mol. The summed E-state index contributed by atoms with van der Waals surface area (Å²) >= 11 is 0. The van der Waals surface area contributed by atoms with Gasteiger partial charge in [0.05, 0.1) is 0 Å². The lowest BCUT2D eigenvalue weighted by molar-refractivity contribution is -0.126. The summed E-state index contributed by atoms with van der Waals surface area (Å²) in [5.74, 6) is 0.569. The van der Waals surface area contributed by atoms with Crippen LogP contribution in [0.3, 0.4) is 0 Å². The van der Waals surface area contributed by atoms with Crippen LogP contribution in [0.5, 0.6) is 0 Å². The molecule has 0 radical (unpaired) electrons. The van der Waals surface area contributed by atoms with E-state index in [1.165, 1.54) is 0 Å². The van der Waals surface area contributed by atoms with Gasteiger partial charge in [0.15, 0.2) is 0 Å². The lowest BCUT2D eigenvalue weighted by Gasteiger charge is -2.16. The molecule has 1 saturated carbocycles. The van der Waals surface area contributed by atoms with Gasteiger partial charge in [0.1, 0.15) is 0 Å². The molecule has 0 aromatic heterocycles. The maximum absolute atomic E-state index is 11.9. The lowest BCUT2D eigenvalue weighted by Crippen LogP contribution is -2.40. The van der Waals surface area contributed by atoms with Gasteiger partial charge in [0.2, 0.25) is 11.8 Å². The van der Waals surface area contributed by atoms with E-state index >= 15 is 0 Å². The van der Waals surface area contributed by atoms with Gasteiger partial charge in [-0.05, 0) is 19.8 Å². The fourth-order valence-electron chi connectivity index (χ4n) is 2.28. The molecule has 0 aromatic carbocycles. The van der Waals surface area contributed by atoms with Gasteiger partial charge in [-0.3, -0.25) is 13.8 Å². The first kappa shape index (κ1) is 16.1. The number of rotatable bonds is 7. The van der Waals surface area contributed by atoms with Crippen molar-refractivity contribution in [2.24, 2.45) is 5.92 Å². The van der Waals surface area contributed by atoms with E-state index < -0.39 is 10.8 Å². The van der Waals surface area contributed by atoms with Gasteiger partial charge in [-0.1, -0.05) is 12.8 Å². The Balaban J connectivity index is 2.18. The van der Waals surface area contributed by atoms with E-state index in [2.05, 4.69) is 10.6 Å². The summed E-state index contributed by atoms with van der Waals surface area (Å²) in [4.78, 5) is 23.4. The smallest absolute Gasteiger partial charge is 0.223 e. The van der Waals surface area contributed by atoms with E-state index in [9.17, 15) is 13.8 Å². The molecule has 110 valence electrons. The number of hydrogen-bond donors (Lipinski definition) is 2. The Morgan fingerprint density at radius 3 is 2.53 bits per heavy atom. The van der Waals surface area contributed by atoms with E-state index in [1.807, 2.05) is 6.92 Å². The topological polar surface area (TPSA) is 75.3 Å². The standard InChI is InChI=1S/C13H24N2O3S/c1-10(9-12(16)14-7-8-19(2)18)15-13(17)11-5-3-4-6-11/h10-11H,3-9H2,1-2H3,(H,14,16)(H,15,17). The predicted octanol–water partition coefficient (Wildman–Crippen LogP) is 0.566. The molecule has 0 spiro atoms. The van der Waals surface area contributed by atoms with Gasteiger partial charge >= 0.3 is 0 Å². The second kappa shape index (κ2) is 8.30. The highest BCUT2D eigenvalue weighted by molar-refractivity contribution is 7.84. The number of carbonyl (C=O) groups is 2. The molecule has 1 aliphatic carbocycles. The van der Waals surface area contributed by atoms with Crippen molar-refractivity contribution >= 4 is 22.6 Å². The molecule has 1 fully saturated rings. The first-order valence-corrected chi connectivity index (χ1v) is 8.59. The molecule has 19 heavy (non-hydrogen) atoms. The molecule has 0 aliphatic heterocycles. The molecule has 0 saturated heterocycles. The lowest BCUT2D eigenvalue weighted by atomic mass is 10.1. The summed E-state index contributed by atoms with van der Waals surface area (Å²) in [5, 5.41) is 5.60. The van der Waals surface area contributed by atoms with Crippen molar-refractivity contribution in [2.45, 2.75) is 45.1 Å². The van der Waals surface area contributed by atoms with Crippen LogP contribution < -0.4 is 10.6 Å². The SMILES string of the molecule is CC(CC(=O)NCCS(C)=O)NC(=O)C1CCCC1. The zero-order valence-electron chi connectivity index (χ0n) is 11.7. The minimum atomic E-state index is -0.890. The first-order chi connectivity index (χ1) is 8.99. The summed E-state index contributed by atoms with van der Waals surface area (Å²) in [6.45, 7) is 2.26. The molecule has 2 unspecified atom stereocenters. The normalized spacial score (nSPS) is 18.8. The van der Waals surface area contributed by atoms with Gasteiger partial charge < -0.3 is 10.6 Å². The molecule has 6 heteroatoms. The number of hydrogen-bond acceptors (Lipinski definition) is 3. The van der Waals surface area contributed by atoms with Crippen LogP contribution in [-0.2, 0) is 20.4 Å². The van der Waals surface area contributed by atoms with Crippen molar-refractivity contribution in [2.75, 3.05) is 18.6 Å². The second-order valence-corrected chi connectivity index (χ2v) is 6.78. The summed E-state index contributed by atoms with van der Waals surface area (Å²) < 4.78 is 10.8. The number of nitrogens with one attached hydrogen (secondary N) is 2. The van der Waals surface area contributed by atoms with Crippen LogP contribution >= 0.6 is 0 Å². The largest absolute Gasteiger partial charge is 0.355 e. The fraction of sp³-hybridized carbons (Fsp3) is 0.846. The van der Waals surface area contributed by atoms with E-state index in [0.29, 0.717) is 12.3 Å². The quantitative estimate of drug-likeness (QED) is 0.719. The maximum Gasteiger partial charge on any atom is 0.223 e. The molecule has 2 amide bonds. The van der Waals surface area contributed by atoms with Crippen LogP contribution in [0.2, 0.25) is 0 Å². The zero-order chi connectivity index (χ0) is 14.3. The zero-order valence-corrected chi connectivity index (χ0v) is 12.6. The van der Waals surface area contributed by atoms with Crippen LogP contribution in [-0.4, -0.2) is 40.6 Å². The van der Waals surface area contributed by atoms with Crippen molar-refractivity contribution < 1.29 is 13.8 Å². The minimum absolute atomic E-state index is 0.0764. The molecular weight excluding hydrogens is 264 g/mol. The average molecular weight is 288 g/mol. The number of carbonyl (C=O) groups excluding carboxylic acids is 2. The Bertz CT molecular complexity index is 341. The van der Waals surface area contributed by atoms with Gasteiger partial charge in [0.25, 0.3) is 0 Å². The fourth-order valence-corrected chi connectivity index (χ4v) is 2.67. The first-order valence-electron chi connectivity index (χ1n) is 6.86. The Morgan fingerprint density at radius 2 is 1.95 bits per heavy atom. The number of amides is 2. The van der Waals surface area contributed by atoms with Crippen LogP contribution in [0, 0.1) is 5.92 Å². The molecule has 5 nitrogen and oxygen atoms in total. The van der Waals surface area contributed by atoms with Crippen LogP contribution in [0.15, 0.2) is 0 Å². The highest BCUT2D eigenvalue weighted by Crippen LogP contribution is 2.24. The minimum Gasteiger partial charge on any atom is -0.355 e. The molecule has 2 N–H and O–H groups in total. The highest BCUT2D eigenvalue weighted by atomic mass is 32.2. The molecule has 0 aromatic rings. The van der Waals surface area contributed by atoms with Crippen molar-refractivity contribution in [3.63, 3.8) is 0 Å². The van der Waals surface area contributed by atoms with Crippen molar-refractivity contribution in [1.29, 1.82) is 0 Å². The van der Waals surface area contributed by atoms with E-state index in [1.54, 1.807) is 6.26 Å². The Hall–Kier alpha value is -0.910. The Labute approximate surface area is 117 Å². The summed E-state index contributed by atoms with van der Waals surface area (Å²) in [5.41, 5.74) is 0. The Kier molecular flexibility index (Phi) is 7.05. The molecule has 0 bridgehead atoms. The molecule has 1 aliphatic rings. The average Bonchev–Trinajstić information content (AvgIpc) is 2.81. The van der Waals surface area contributed by atoms with E-state index in [-0.39, 0.29) is 30.2 Å². The van der Waals surface area contributed by atoms with Gasteiger partial charge in [-0.15, -0.1) is 0 Å². The maximum atomic E-state index is 11.9. The van der Waals surface area contributed by atoms with E-state index in [0.717, 1.165) is 25.7 Å². The van der Waals surface area contributed by atoms with Crippen molar-refractivity contribution in [3.8, 4) is 0 Å². The van der Waals surface area contributed by atoms with Crippen molar-refractivity contribution in [1.82, 2.24) is 10.6 Å². The molecular formula is C13H24N2O3S. The summed E-state index contributed by atoms with van der Waals surface area (Å²) in [7, 11) is -0.890. The third-order valence-corrected chi connectivity index (χ3v) is 4.10. The summed E-state index contributed by atoms with van der Waals surface area (Å²) in [6.07, 6.45) is 6.06. The molecule has 2 atom stereocenters. The third-order valence-electron chi connectivity index (χ3n) is 3.32. The molecule has 0 heterocycles. The Morgan fingerprint density at radius 1 is 1.32 bits per heavy atom. The van der Waals surface area contributed by atoms with Crippen LogP contribution in [0.4, 0.5) is 0 Å². The molecule has 1 rings (SSSR count).